The molecule has 0 bridgehead atoms. The molecule has 37 heavy (non-hydrogen) atoms. The molecule has 3 rings (SSSR count). The van der Waals surface area contributed by atoms with Gasteiger partial charge < -0.3 is 44.7 Å². The molecule has 0 saturated carbocycles. The van der Waals surface area contributed by atoms with E-state index in [2.05, 4.69) is 33.6 Å². The van der Waals surface area contributed by atoms with Gasteiger partial charge in [0.05, 0.1) is 19.5 Å². The highest BCUT2D eigenvalue weighted by Gasteiger charge is 2.47. The molecule has 21 nitrogen and oxygen atoms in total. The number of phosphoric acid groups is 3. The van der Waals surface area contributed by atoms with Crippen molar-refractivity contribution >= 4 is 40.4 Å². The van der Waals surface area contributed by atoms with Crippen molar-refractivity contribution in [1.29, 1.82) is 0 Å². The first kappa shape index (κ1) is 30.1. The van der Waals surface area contributed by atoms with Crippen LogP contribution in [-0.2, 0) is 36.4 Å². The molecule has 210 valence electrons. The lowest BCUT2D eigenvalue weighted by molar-refractivity contribution is -0.0503. The topological polar surface area (TPSA) is 315 Å². The minimum absolute atomic E-state index is 0.0335. The minimum atomic E-state index is -5.75. The SMILES string of the molecule is O=P(O)(O)OP(=O)(O)OP(=O)(O)OC[C@H]1O[C@@H](n2cnc3c(NOCC(O)CO)ncnc32)[C@H](O)[C@@H]1O. The van der Waals surface area contributed by atoms with Gasteiger partial charge in [-0.15, -0.1) is 0 Å². The summed E-state index contributed by atoms with van der Waals surface area (Å²) in [4.78, 5) is 52.8. The number of fused-ring (bicyclic) bond motifs is 1. The van der Waals surface area contributed by atoms with E-state index >= 15 is 0 Å². The third kappa shape index (κ3) is 8.01. The zero-order valence-electron chi connectivity index (χ0n) is 18.1. The Morgan fingerprint density at radius 2 is 1.76 bits per heavy atom. The number of nitrogens with one attached hydrogen (secondary N) is 1. The summed E-state index contributed by atoms with van der Waals surface area (Å²) in [5, 5.41) is 38.8. The van der Waals surface area contributed by atoms with Gasteiger partial charge in [-0.1, -0.05) is 0 Å². The van der Waals surface area contributed by atoms with E-state index in [4.69, 9.17) is 24.5 Å². The van der Waals surface area contributed by atoms with Gasteiger partial charge in [-0.05, 0) is 0 Å². The Morgan fingerprint density at radius 1 is 1.05 bits per heavy atom. The maximum Gasteiger partial charge on any atom is 0.490 e. The molecule has 1 aliphatic rings. The highest BCUT2D eigenvalue weighted by atomic mass is 31.3. The van der Waals surface area contributed by atoms with Gasteiger partial charge in [0.25, 0.3) is 0 Å². The first-order chi connectivity index (χ1) is 17.1. The molecule has 0 amide bonds. The van der Waals surface area contributed by atoms with E-state index < -0.39 is 67.3 Å². The summed E-state index contributed by atoms with van der Waals surface area (Å²) in [7, 11) is -16.8. The molecule has 0 spiro atoms. The van der Waals surface area contributed by atoms with Gasteiger partial charge in [0.2, 0.25) is 0 Å². The van der Waals surface area contributed by atoms with Crippen LogP contribution < -0.4 is 5.48 Å². The maximum absolute atomic E-state index is 11.9. The second kappa shape index (κ2) is 11.7. The van der Waals surface area contributed by atoms with Gasteiger partial charge in [0.15, 0.2) is 23.2 Å². The summed E-state index contributed by atoms with van der Waals surface area (Å²) in [6.45, 7) is -1.84. The quantitative estimate of drug-likeness (QED) is 0.0850. The van der Waals surface area contributed by atoms with E-state index in [1.54, 1.807) is 0 Å². The third-order valence-corrected chi connectivity index (χ3v) is 8.25. The molecule has 7 atom stereocenters. The van der Waals surface area contributed by atoms with Crippen LogP contribution in [0.4, 0.5) is 5.82 Å². The summed E-state index contributed by atoms with van der Waals surface area (Å²) >= 11 is 0. The number of aliphatic hydroxyl groups is 4. The van der Waals surface area contributed by atoms with Crippen molar-refractivity contribution < 1.29 is 76.4 Å². The molecule has 2 aromatic heterocycles. The van der Waals surface area contributed by atoms with E-state index in [9.17, 15) is 38.8 Å². The van der Waals surface area contributed by atoms with Gasteiger partial charge in [0, 0.05) is 0 Å². The molecule has 3 heterocycles. The predicted octanol–water partition coefficient (Wildman–Crippen LogP) is -2.51. The third-order valence-electron chi connectivity index (χ3n) is 4.44. The van der Waals surface area contributed by atoms with Gasteiger partial charge in [0.1, 0.15) is 37.4 Å². The number of hydrogen-bond acceptors (Lipinski definition) is 16. The Hall–Kier alpha value is -1.48. The zero-order valence-corrected chi connectivity index (χ0v) is 20.8. The van der Waals surface area contributed by atoms with Crippen molar-refractivity contribution in [1.82, 2.24) is 19.5 Å². The lowest BCUT2D eigenvalue weighted by atomic mass is 10.1. The Labute approximate surface area is 205 Å². The number of phosphoric ester groups is 1. The average Bonchev–Trinajstić information content (AvgIpc) is 3.31. The van der Waals surface area contributed by atoms with E-state index in [0.717, 1.165) is 12.7 Å². The Bertz CT molecular complexity index is 1220. The minimum Gasteiger partial charge on any atom is -0.394 e. The number of aromatic nitrogens is 4. The molecule has 2 aromatic rings. The van der Waals surface area contributed by atoms with Crippen molar-refractivity contribution in [2.75, 3.05) is 25.3 Å². The zero-order chi connectivity index (χ0) is 27.6. The maximum atomic E-state index is 11.9. The number of aliphatic hydroxyl groups excluding tert-OH is 4. The van der Waals surface area contributed by atoms with Crippen molar-refractivity contribution in [3.8, 4) is 0 Å². The summed E-state index contributed by atoms with van der Waals surface area (Å²) in [6, 6.07) is 0. The first-order valence-corrected chi connectivity index (χ1v) is 14.3. The van der Waals surface area contributed by atoms with Crippen LogP contribution in [0, 0.1) is 0 Å². The Balaban J connectivity index is 1.68. The number of anilines is 1. The normalized spacial score (nSPS) is 26.6. The van der Waals surface area contributed by atoms with Crippen molar-refractivity contribution in [3.05, 3.63) is 12.7 Å². The van der Waals surface area contributed by atoms with Gasteiger partial charge in [-0.3, -0.25) is 13.9 Å². The highest BCUT2D eigenvalue weighted by Crippen LogP contribution is 2.66. The average molecular weight is 597 g/mol. The fourth-order valence-corrected chi connectivity index (χ4v) is 5.97. The molecule has 0 radical (unpaired) electrons. The monoisotopic (exact) mass is 597 g/mol. The largest absolute Gasteiger partial charge is 0.490 e. The number of ether oxygens (including phenoxy) is 1. The van der Waals surface area contributed by atoms with Crippen LogP contribution in [0.2, 0.25) is 0 Å². The van der Waals surface area contributed by atoms with Crippen LogP contribution in [0.25, 0.3) is 11.2 Å². The fourth-order valence-electron chi connectivity index (χ4n) is 2.94. The summed E-state index contributed by atoms with van der Waals surface area (Å²) in [5.74, 6) is 0.0335. The van der Waals surface area contributed by atoms with Crippen molar-refractivity contribution in [2.24, 2.45) is 0 Å². The van der Waals surface area contributed by atoms with Crippen LogP contribution in [-0.4, -0.2) is 104 Å². The number of rotatable bonds is 13. The van der Waals surface area contributed by atoms with E-state index in [1.807, 2.05) is 0 Å². The van der Waals surface area contributed by atoms with Crippen LogP contribution in [0.3, 0.4) is 0 Å². The van der Waals surface area contributed by atoms with Crippen molar-refractivity contribution in [3.63, 3.8) is 0 Å². The molecule has 1 aliphatic heterocycles. The van der Waals surface area contributed by atoms with E-state index in [0.29, 0.717) is 0 Å². The number of imidazole rings is 1. The summed E-state index contributed by atoms with van der Waals surface area (Å²) in [6.07, 6.45) is -5.24. The summed E-state index contributed by atoms with van der Waals surface area (Å²) < 4.78 is 52.2. The molecule has 9 N–H and O–H groups in total. The number of nitrogens with zero attached hydrogens (tertiary/aromatic N) is 4. The lowest BCUT2D eigenvalue weighted by Crippen LogP contribution is -2.33. The van der Waals surface area contributed by atoms with Gasteiger partial charge >= 0.3 is 23.5 Å². The molecule has 1 fully saturated rings. The predicted molar refractivity (Wildman–Crippen MR) is 114 cm³/mol. The molecular weight excluding hydrogens is 575 g/mol. The Kier molecular flexibility index (Phi) is 9.53. The highest BCUT2D eigenvalue weighted by molar-refractivity contribution is 7.66. The molecule has 1 saturated heterocycles. The summed E-state index contributed by atoms with van der Waals surface area (Å²) in [5.41, 5.74) is 2.57. The lowest BCUT2D eigenvalue weighted by Gasteiger charge is -2.19. The molecule has 24 heteroatoms. The Morgan fingerprint density at radius 3 is 2.41 bits per heavy atom. The molecular formula is C13H22N5O16P3. The van der Waals surface area contributed by atoms with Crippen LogP contribution >= 0.6 is 23.5 Å². The van der Waals surface area contributed by atoms with E-state index in [-0.39, 0.29) is 23.6 Å². The second-order valence-electron chi connectivity index (χ2n) is 7.23. The van der Waals surface area contributed by atoms with Crippen LogP contribution in [0.15, 0.2) is 12.7 Å². The molecule has 0 aliphatic carbocycles. The first-order valence-electron chi connectivity index (χ1n) is 9.76. The van der Waals surface area contributed by atoms with Gasteiger partial charge in [-0.2, -0.15) is 8.62 Å². The number of hydrogen-bond donors (Lipinski definition) is 9. The molecule has 3 unspecified atom stereocenters. The standard InChI is InChI=1S/C13H22N5O16P3/c19-1-6(20)2-30-17-11-8-12(15-4-14-11)18(5-16-8)13-10(22)9(21)7(32-13)3-31-36(26,27)34-37(28,29)33-35(23,24)25/h4-7,9-10,13,19-22H,1-3H2,(H,26,27)(H,28,29)(H,14,15,17)(H2,23,24,25)/t6?,7-,9-,10-,13-/m1/s1. The van der Waals surface area contributed by atoms with Crippen molar-refractivity contribution in [2.45, 2.75) is 30.6 Å². The van der Waals surface area contributed by atoms with E-state index in [1.165, 1.54) is 4.57 Å². The smallest absolute Gasteiger partial charge is 0.394 e. The van der Waals surface area contributed by atoms with Crippen LogP contribution in [0.1, 0.15) is 6.23 Å². The fraction of sp³-hybridized carbons (Fsp3) is 0.615. The van der Waals surface area contributed by atoms with Gasteiger partial charge in [-0.25, -0.2) is 34.1 Å². The van der Waals surface area contributed by atoms with Crippen LogP contribution in [0.5, 0.6) is 0 Å². The molecule has 0 aromatic carbocycles. The second-order valence-corrected chi connectivity index (χ2v) is 11.6.